The molecule has 1 amide bonds. The molecule has 2 aromatic carbocycles. The van der Waals surface area contributed by atoms with Gasteiger partial charge in [0.25, 0.3) is 5.91 Å². The van der Waals surface area contributed by atoms with Crippen molar-refractivity contribution in [2.75, 3.05) is 27.2 Å². The van der Waals surface area contributed by atoms with E-state index < -0.39 is 4.92 Å². The number of nitrogens with one attached hydrogen (secondary N) is 1. The second kappa shape index (κ2) is 9.85. The topological polar surface area (TPSA) is 84.7 Å². The molecule has 28 heavy (non-hydrogen) atoms. The summed E-state index contributed by atoms with van der Waals surface area (Å²) in [5.41, 5.74) is 2.37. The van der Waals surface area contributed by atoms with E-state index >= 15 is 0 Å². The number of nitrogens with zero attached hydrogens (tertiary/aromatic N) is 2. The molecule has 150 valence electrons. The summed E-state index contributed by atoms with van der Waals surface area (Å²) in [6, 6.07) is 12.5. The summed E-state index contributed by atoms with van der Waals surface area (Å²) < 4.78 is 5.26. The molecule has 0 aliphatic heterocycles. The predicted octanol–water partition coefficient (Wildman–Crippen LogP) is 3.59. The molecule has 1 N–H and O–H groups in total. The first-order chi connectivity index (χ1) is 13.4. The van der Waals surface area contributed by atoms with Gasteiger partial charge in [0.2, 0.25) is 0 Å². The highest BCUT2D eigenvalue weighted by atomic mass is 16.6. The molecular formula is C21H27N3O4. The minimum absolute atomic E-state index is 0.00691. The number of nitro benzene ring substituents is 1. The van der Waals surface area contributed by atoms with Gasteiger partial charge in [0.1, 0.15) is 0 Å². The number of hydrogen-bond donors (Lipinski definition) is 1. The van der Waals surface area contributed by atoms with Gasteiger partial charge >= 0.3 is 5.69 Å². The van der Waals surface area contributed by atoms with E-state index in [0.717, 1.165) is 12.0 Å². The Kier molecular flexibility index (Phi) is 7.52. The lowest BCUT2D eigenvalue weighted by Crippen LogP contribution is -2.34. The number of carbonyl (C=O) groups is 1. The fourth-order valence-corrected chi connectivity index (χ4v) is 2.94. The van der Waals surface area contributed by atoms with Gasteiger partial charge in [-0.25, -0.2) is 0 Å². The highest BCUT2D eigenvalue weighted by molar-refractivity contribution is 5.95. The number of likely N-dealkylation sites (N-methyl/N-ethyl adjacent to an activating group) is 1. The highest BCUT2D eigenvalue weighted by Crippen LogP contribution is 2.28. The summed E-state index contributed by atoms with van der Waals surface area (Å²) in [7, 11) is 3.90. The molecule has 2 aromatic rings. The van der Waals surface area contributed by atoms with Crippen LogP contribution in [0.25, 0.3) is 0 Å². The van der Waals surface area contributed by atoms with Gasteiger partial charge < -0.3 is 15.0 Å². The monoisotopic (exact) mass is 385 g/mol. The number of hydrogen-bond acceptors (Lipinski definition) is 5. The zero-order valence-electron chi connectivity index (χ0n) is 16.8. The minimum Gasteiger partial charge on any atom is -0.487 e. The van der Waals surface area contributed by atoms with Crippen LogP contribution in [0.3, 0.4) is 0 Å². The number of ether oxygens (including phenoxy) is 1. The third kappa shape index (κ3) is 5.29. The third-order valence-corrected chi connectivity index (χ3v) is 4.57. The van der Waals surface area contributed by atoms with Crippen LogP contribution in [-0.4, -0.2) is 43.0 Å². The first kappa shape index (κ1) is 21.4. The molecule has 0 fully saturated rings. The molecule has 0 saturated carbocycles. The van der Waals surface area contributed by atoms with Gasteiger partial charge in [0.15, 0.2) is 5.75 Å². The van der Waals surface area contributed by atoms with Crippen molar-refractivity contribution in [2.45, 2.75) is 26.3 Å². The molecule has 1 atom stereocenters. The Morgan fingerprint density at radius 3 is 2.39 bits per heavy atom. The number of benzene rings is 2. The summed E-state index contributed by atoms with van der Waals surface area (Å²) in [5, 5.41) is 14.1. The van der Waals surface area contributed by atoms with Crippen molar-refractivity contribution in [1.82, 2.24) is 10.2 Å². The van der Waals surface area contributed by atoms with Crippen LogP contribution in [0.15, 0.2) is 42.5 Å². The van der Waals surface area contributed by atoms with Crippen LogP contribution in [0.4, 0.5) is 5.69 Å². The Balaban J connectivity index is 2.14. The van der Waals surface area contributed by atoms with E-state index in [1.54, 1.807) is 6.92 Å². The average Bonchev–Trinajstić information content (AvgIpc) is 2.68. The average molecular weight is 385 g/mol. The smallest absolute Gasteiger partial charge is 0.311 e. The molecule has 0 radical (unpaired) electrons. The van der Waals surface area contributed by atoms with Crippen LogP contribution >= 0.6 is 0 Å². The van der Waals surface area contributed by atoms with Gasteiger partial charge in [0, 0.05) is 18.2 Å². The van der Waals surface area contributed by atoms with Gasteiger partial charge in [-0.1, -0.05) is 31.2 Å². The summed E-state index contributed by atoms with van der Waals surface area (Å²) >= 11 is 0. The van der Waals surface area contributed by atoms with Crippen LogP contribution < -0.4 is 10.1 Å². The van der Waals surface area contributed by atoms with Crippen LogP contribution in [0, 0.1) is 10.1 Å². The fourth-order valence-electron chi connectivity index (χ4n) is 2.94. The van der Waals surface area contributed by atoms with Crippen molar-refractivity contribution in [3.63, 3.8) is 0 Å². The molecule has 1 unspecified atom stereocenters. The maximum atomic E-state index is 12.6. The normalized spacial score (nSPS) is 11.9. The molecule has 7 heteroatoms. The number of aryl methyl sites for hydroxylation is 1. The molecule has 0 aromatic heterocycles. The minimum atomic E-state index is -0.542. The van der Waals surface area contributed by atoms with Gasteiger partial charge in [-0.05, 0) is 50.7 Å². The summed E-state index contributed by atoms with van der Waals surface area (Å²) in [5.74, 6) is -0.200. The second-order valence-corrected chi connectivity index (χ2v) is 6.66. The molecule has 0 saturated heterocycles. The summed E-state index contributed by atoms with van der Waals surface area (Å²) in [6.45, 7) is 4.56. The number of amides is 1. The highest BCUT2D eigenvalue weighted by Gasteiger charge is 2.20. The van der Waals surface area contributed by atoms with Gasteiger partial charge in [-0.15, -0.1) is 0 Å². The zero-order valence-corrected chi connectivity index (χ0v) is 16.8. The second-order valence-electron chi connectivity index (χ2n) is 6.66. The SMILES string of the molecule is CCOc1ccc(C(=O)NCC(c2ccc(CC)cc2)N(C)C)cc1[N+](=O)[O-]. The lowest BCUT2D eigenvalue weighted by atomic mass is 10.0. The van der Waals surface area contributed by atoms with Crippen LogP contribution in [0.1, 0.15) is 41.4 Å². The van der Waals surface area contributed by atoms with Crippen molar-refractivity contribution in [3.05, 3.63) is 69.3 Å². The van der Waals surface area contributed by atoms with Gasteiger partial charge in [0.05, 0.1) is 17.6 Å². The molecule has 0 heterocycles. The Morgan fingerprint density at radius 1 is 1.18 bits per heavy atom. The van der Waals surface area contributed by atoms with Crippen molar-refractivity contribution in [1.29, 1.82) is 0 Å². The molecule has 2 rings (SSSR count). The van der Waals surface area contributed by atoms with Crippen molar-refractivity contribution in [2.24, 2.45) is 0 Å². The maximum Gasteiger partial charge on any atom is 0.311 e. The van der Waals surface area contributed by atoms with Gasteiger partial charge in [-0.3, -0.25) is 14.9 Å². The Hall–Kier alpha value is -2.93. The van der Waals surface area contributed by atoms with Crippen molar-refractivity contribution >= 4 is 11.6 Å². The predicted molar refractivity (Wildman–Crippen MR) is 109 cm³/mol. The third-order valence-electron chi connectivity index (χ3n) is 4.57. The molecule has 0 aliphatic carbocycles. The van der Waals surface area contributed by atoms with E-state index in [-0.39, 0.29) is 28.9 Å². The standard InChI is InChI=1S/C21H27N3O4/c1-5-15-7-9-16(10-8-15)19(23(3)4)14-22-21(25)17-11-12-20(28-6-2)18(13-17)24(26)27/h7-13,19H,5-6,14H2,1-4H3,(H,22,25). The molecular weight excluding hydrogens is 358 g/mol. The number of carbonyl (C=O) groups excluding carboxylic acids is 1. The largest absolute Gasteiger partial charge is 0.487 e. The van der Waals surface area contributed by atoms with E-state index in [9.17, 15) is 14.9 Å². The molecule has 7 nitrogen and oxygen atoms in total. The maximum absolute atomic E-state index is 12.6. The molecule has 0 aliphatic rings. The van der Waals surface area contributed by atoms with Crippen LogP contribution in [0.5, 0.6) is 5.75 Å². The Labute approximate surface area is 165 Å². The van der Waals surface area contributed by atoms with E-state index in [0.29, 0.717) is 13.2 Å². The first-order valence-electron chi connectivity index (χ1n) is 9.32. The number of nitro groups is 1. The lowest BCUT2D eigenvalue weighted by Gasteiger charge is -2.25. The quantitative estimate of drug-likeness (QED) is 0.527. The van der Waals surface area contributed by atoms with Crippen LogP contribution in [-0.2, 0) is 6.42 Å². The van der Waals surface area contributed by atoms with Gasteiger partial charge in [-0.2, -0.15) is 0 Å². The Morgan fingerprint density at radius 2 is 1.86 bits per heavy atom. The van der Waals surface area contributed by atoms with Crippen molar-refractivity contribution in [3.8, 4) is 5.75 Å². The first-order valence-corrected chi connectivity index (χ1v) is 9.32. The van der Waals surface area contributed by atoms with E-state index in [1.807, 2.05) is 19.0 Å². The van der Waals surface area contributed by atoms with E-state index in [2.05, 4.69) is 36.5 Å². The fraction of sp³-hybridized carbons (Fsp3) is 0.381. The number of rotatable bonds is 9. The van der Waals surface area contributed by atoms with Crippen molar-refractivity contribution < 1.29 is 14.5 Å². The molecule has 0 bridgehead atoms. The summed E-state index contributed by atoms with van der Waals surface area (Å²) in [4.78, 5) is 25.3. The zero-order chi connectivity index (χ0) is 20.7. The Bertz CT molecular complexity index is 819. The summed E-state index contributed by atoms with van der Waals surface area (Å²) in [6.07, 6.45) is 0.972. The van der Waals surface area contributed by atoms with E-state index in [4.69, 9.17) is 4.74 Å². The van der Waals surface area contributed by atoms with E-state index in [1.165, 1.54) is 23.8 Å². The lowest BCUT2D eigenvalue weighted by molar-refractivity contribution is -0.385. The molecule has 0 spiro atoms. The van der Waals surface area contributed by atoms with Crippen LogP contribution in [0.2, 0.25) is 0 Å².